The predicted molar refractivity (Wildman–Crippen MR) is 123 cm³/mol. The van der Waals surface area contributed by atoms with Crippen LogP contribution in [0.25, 0.3) is 0 Å². The van der Waals surface area contributed by atoms with E-state index in [1.807, 2.05) is 13.0 Å². The lowest BCUT2D eigenvalue weighted by Crippen LogP contribution is -2.53. The minimum Gasteiger partial charge on any atom is -0.450 e. The topological polar surface area (TPSA) is 66.4 Å². The quantitative estimate of drug-likeness (QED) is 0.315. The molecule has 1 aliphatic rings. The van der Waals surface area contributed by atoms with E-state index < -0.39 is 12.8 Å². The SMILES string of the molecule is CCNC(=NCc1cccc(COCC(F)(F)F)c1)N1CCN(C(=O)OCC)CC1.I. The second-order valence-electron chi connectivity index (χ2n) is 6.77. The Morgan fingerprint density at radius 2 is 1.77 bits per heavy atom. The van der Waals surface area contributed by atoms with Crippen molar-refractivity contribution in [3.8, 4) is 0 Å². The Labute approximate surface area is 198 Å². The van der Waals surface area contributed by atoms with Gasteiger partial charge in [-0.1, -0.05) is 24.3 Å². The highest BCUT2D eigenvalue weighted by molar-refractivity contribution is 14.0. The monoisotopic (exact) mass is 558 g/mol. The summed E-state index contributed by atoms with van der Waals surface area (Å²) < 4.78 is 46.4. The van der Waals surface area contributed by atoms with E-state index in [4.69, 9.17) is 9.47 Å². The Morgan fingerprint density at radius 3 is 2.39 bits per heavy atom. The Kier molecular flexibility index (Phi) is 12.0. The van der Waals surface area contributed by atoms with Gasteiger partial charge in [0.15, 0.2) is 5.96 Å². The molecular formula is C20H30F3IN4O3. The van der Waals surface area contributed by atoms with Crippen molar-refractivity contribution < 1.29 is 27.4 Å². The number of alkyl halides is 3. The van der Waals surface area contributed by atoms with E-state index in [0.717, 1.165) is 11.5 Å². The van der Waals surface area contributed by atoms with Gasteiger partial charge in [0.25, 0.3) is 0 Å². The number of halogens is 4. The number of carbonyl (C=O) groups is 1. The smallest absolute Gasteiger partial charge is 0.411 e. The molecule has 2 rings (SSSR count). The van der Waals surface area contributed by atoms with Crippen LogP contribution in [0.5, 0.6) is 0 Å². The van der Waals surface area contributed by atoms with E-state index in [1.54, 1.807) is 30.0 Å². The second kappa shape index (κ2) is 13.6. The standard InChI is InChI=1S/C20H29F3N4O3.HI/c1-3-24-18(26-8-10-27(11-9-26)19(28)30-4-2)25-13-16-6-5-7-17(12-16)14-29-15-20(21,22)23;/h5-7,12H,3-4,8-11,13-15H2,1-2H3,(H,24,25);1H. The minimum absolute atomic E-state index is 0. The second-order valence-corrected chi connectivity index (χ2v) is 6.77. The van der Waals surface area contributed by atoms with Crippen LogP contribution in [0.3, 0.4) is 0 Å². The predicted octanol–water partition coefficient (Wildman–Crippen LogP) is 3.62. The molecule has 11 heteroatoms. The molecule has 0 aromatic heterocycles. The van der Waals surface area contributed by atoms with Gasteiger partial charge in [0.05, 0.1) is 19.8 Å². The lowest BCUT2D eigenvalue weighted by molar-refractivity contribution is -0.176. The van der Waals surface area contributed by atoms with E-state index in [2.05, 4.69) is 15.2 Å². The summed E-state index contributed by atoms with van der Waals surface area (Å²) in [5.74, 6) is 0.736. The number of hydrogen-bond donors (Lipinski definition) is 1. The van der Waals surface area contributed by atoms with Crippen LogP contribution in [-0.4, -0.2) is 74.0 Å². The summed E-state index contributed by atoms with van der Waals surface area (Å²) in [4.78, 5) is 20.2. The summed E-state index contributed by atoms with van der Waals surface area (Å²) in [5, 5.41) is 3.25. The van der Waals surface area contributed by atoms with Gasteiger partial charge in [-0.3, -0.25) is 0 Å². The van der Waals surface area contributed by atoms with Crippen LogP contribution in [0.1, 0.15) is 25.0 Å². The summed E-state index contributed by atoms with van der Waals surface area (Å²) >= 11 is 0. The third-order valence-corrected chi connectivity index (χ3v) is 4.38. The number of ether oxygens (including phenoxy) is 2. The van der Waals surface area contributed by atoms with Gasteiger partial charge in [-0.05, 0) is 25.0 Å². The number of rotatable bonds is 7. The Morgan fingerprint density at radius 1 is 1.13 bits per heavy atom. The maximum absolute atomic E-state index is 12.2. The fourth-order valence-corrected chi connectivity index (χ4v) is 3.01. The first-order valence-electron chi connectivity index (χ1n) is 9.99. The molecule has 1 N–H and O–H groups in total. The van der Waals surface area contributed by atoms with Crippen LogP contribution in [0, 0.1) is 0 Å². The lowest BCUT2D eigenvalue weighted by atomic mass is 10.1. The van der Waals surface area contributed by atoms with Crippen molar-refractivity contribution in [3.63, 3.8) is 0 Å². The first-order valence-corrected chi connectivity index (χ1v) is 9.99. The third kappa shape index (κ3) is 9.93. The van der Waals surface area contributed by atoms with Crippen LogP contribution in [-0.2, 0) is 22.6 Å². The molecule has 31 heavy (non-hydrogen) atoms. The van der Waals surface area contributed by atoms with Gasteiger partial charge in [0.1, 0.15) is 6.61 Å². The lowest BCUT2D eigenvalue weighted by Gasteiger charge is -2.35. The normalized spacial score (nSPS) is 14.8. The van der Waals surface area contributed by atoms with Crippen molar-refractivity contribution >= 4 is 36.0 Å². The highest BCUT2D eigenvalue weighted by Crippen LogP contribution is 2.16. The summed E-state index contributed by atoms with van der Waals surface area (Å²) in [6.45, 7) is 6.19. The van der Waals surface area contributed by atoms with E-state index in [-0.39, 0.29) is 36.7 Å². The average molecular weight is 558 g/mol. The molecule has 1 saturated heterocycles. The van der Waals surface area contributed by atoms with E-state index >= 15 is 0 Å². The number of nitrogens with zero attached hydrogens (tertiary/aromatic N) is 3. The number of guanidine groups is 1. The fourth-order valence-electron chi connectivity index (χ4n) is 3.01. The molecule has 0 unspecified atom stereocenters. The molecule has 0 aliphatic carbocycles. The van der Waals surface area contributed by atoms with E-state index in [0.29, 0.717) is 51.4 Å². The molecule has 0 saturated carbocycles. The molecule has 1 aromatic rings. The largest absolute Gasteiger partial charge is 0.450 e. The molecule has 1 aromatic carbocycles. The zero-order valence-electron chi connectivity index (χ0n) is 17.8. The minimum atomic E-state index is -4.33. The number of aliphatic imine (C=N–C) groups is 1. The van der Waals surface area contributed by atoms with Crippen LogP contribution >= 0.6 is 24.0 Å². The van der Waals surface area contributed by atoms with Crippen molar-refractivity contribution in [2.75, 3.05) is 45.9 Å². The van der Waals surface area contributed by atoms with E-state index in [1.165, 1.54) is 0 Å². The molecule has 0 radical (unpaired) electrons. The summed E-state index contributed by atoms with van der Waals surface area (Å²) in [6, 6.07) is 7.17. The van der Waals surface area contributed by atoms with Crippen molar-refractivity contribution in [2.24, 2.45) is 4.99 Å². The molecule has 1 fully saturated rings. The molecular weight excluding hydrogens is 528 g/mol. The molecule has 0 spiro atoms. The first kappa shape index (κ1) is 27.3. The molecule has 1 heterocycles. The highest BCUT2D eigenvalue weighted by Gasteiger charge is 2.27. The Bertz CT molecular complexity index is 711. The zero-order chi connectivity index (χ0) is 22.0. The molecule has 0 atom stereocenters. The van der Waals surface area contributed by atoms with Gasteiger partial charge in [0, 0.05) is 32.7 Å². The van der Waals surface area contributed by atoms with Crippen LogP contribution in [0.4, 0.5) is 18.0 Å². The van der Waals surface area contributed by atoms with Gasteiger partial charge in [0.2, 0.25) is 0 Å². The fraction of sp³-hybridized carbons (Fsp3) is 0.600. The highest BCUT2D eigenvalue weighted by atomic mass is 127. The van der Waals surface area contributed by atoms with Gasteiger partial charge in [-0.15, -0.1) is 24.0 Å². The molecule has 0 bridgehead atoms. The maximum atomic E-state index is 12.2. The number of amides is 1. The number of carbonyl (C=O) groups excluding carboxylic acids is 1. The van der Waals surface area contributed by atoms with Crippen molar-refractivity contribution in [2.45, 2.75) is 33.2 Å². The number of benzene rings is 1. The number of nitrogens with one attached hydrogen (secondary N) is 1. The van der Waals surface area contributed by atoms with Gasteiger partial charge < -0.3 is 24.6 Å². The Balaban J connectivity index is 0.00000480. The van der Waals surface area contributed by atoms with Crippen LogP contribution in [0.15, 0.2) is 29.3 Å². The van der Waals surface area contributed by atoms with Crippen molar-refractivity contribution in [1.82, 2.24) is 15.1 Å². The molecule has 176 valence electrons. The van der Waals surface area contributed by atoms with Crippen LogP contribution < -0.4 is 5.32 Å². The zero-order valence-corrected chi connectivity index (χ0v) is 20.1. The third-order valence-electron chi connectivity index (χ3n) is 4.38. The van der Waals surface area contributed by atoms with Crippen molar-refractivity contribution in [1.29, 1.82) is 0 Å². The van der Waals surface area contributed by atoms with E-state index in [9.17, 15) is 18.0 Å². The summed E-state index contributed by atoms with van der Waals surface area (Å²) in [7, 11) is 0. The van der Waals surface area contributed by atoms with Gasteiger partial charge in [-0.25, -0.2) is 9.79 Å². The number of hydrogen-bond acceptors (Lipinski definition) is 4. The van der Waals surface area contributed by atoms with Gasteiger partial charge >= 0.3 is 12.3 Å². The van der Waals surface area contributed by atoms with Crippen LogP contribution in [0.2, 0.25) is 0 Å². The van der Waals surface area contributed by atoms with Crippen molar-refractivity contribution in [3.05, 3.63) is 35.4 Å². The summed E-state index contributed by atoms with van der Waals surface area (Å²) in [5.41, 5.74) is 1.55. The average Bonchev–Trinajstić information content (AvgIpc) is 2.71. The number of piperazine rings is 1. The molecule has 1 aliphatic heterocycles. The Hall–Kier alpha value is -1.76. The van der Waals surface area contributed by atoms with Gasteiger partial charge in [-0.2, -0.15) is 13.2 Å². The molecule has 1 amide bonds. The first-order chi connectivity index (χ1) is 14.3. The molecule has 7 nitrogen and oxygen atoms in total. The maximum Gasteiger partial charge on any atom is 0.411 e. The summed E-state index contributed by atoms with van der Waals surface area (Å²) in [6.07, 6.45) is -4.64.